The number of nitrogens with zero attached hydrogens (tertiary/aromatic N) is 2. The molecule has 3 rings (SSSR count). The second kappa shape index (κ2) is 13.5. The number of likely N-dealkylation sites (tertiary alicyclic amines) is 1. The van der Waals surface area contributed by atoms with Gasteiger partial charge in [-0.05, 0) is 74.4 Å². The lowest BCUT2D eigenvalue weighted by molar-refractivity contribution is -0.140. The molecule has 1 N–H and O–H groups in total. The topological polar surface area (TPSA) is 70.1 Å². The monoisotopic (exact) mass is 512 g/mol. The average molecular weight is 513 g/mol. The molecular formula is C29H37ClN2O4. The van der Waals surface area contributed by atoms with E-state index in [1.807, 2.05) is 24.3 Å². The van der Waals surface area contributed by atoms with Crippen molar-refractivity contribution in [1.82, 2.24) is 9.80 Å². The number of unbranched alkanes of at least 4 members (excludes halogenated alkanes) is 2. The van der Waals surface area contributed by atoms with Crippen molar-refractivity contribution in [2.24, 2.45) is 0 Å². The predicted molar refractivity (Wildman–Crippen MR) is 144 cm³/mol. The highest BCUT2D eigenvalue weighted by molar-refractivity contribution is 6.46. The zero-order chi connectivity index (χ0) is 26.1. The van der Waals surface area contributed by atoms with Crippen LogP contribution in [-0.4, -0.2) is 59.4 Å². The Morgan fingerprint density at radius 3 is 2.42 bits per heavy atom. The van der Waals surface area contributed by atoms with Crippen molar-refractivity contribution >= 4 is 29.1 Å². The molecule has 1 saturated heterocycles. The number of Topliss-reactive ketones (excluding diaryl/α,β-unsaturated/α-hetero) is 1. The minimum Gasteiger partial charge on any atom is -0.507 e. The molecule has 0 spiro atoms. The largest absolute Gasteiger partial charge is 0.507 e. The molecule has 1 atom stereocenters. The van der Waals surface area contributed by atoms with E-state index in [1.165, 1.54) is 0 Å². The lowest BCUT2D eigenvalue weighted by atomic mass is 9.95. The number of rotatable bonds is 13. The van der Waals surface area contributed by atoms with E-state index in [0.717, 1.165) is 50.9 Å². The Balaban J connectivity index is 1.98. The fraction of sp³-hybridized carbons (Fsp3) is 0.448. The van der Waals surface area contributed by atoms with Crippen molar-refractivity contribution < 1.29 is 19.4 Å². The number of ether oxygens (including phenoxy) is 1. The molecule has 7 heteroatoms. The molecule has 1 aliphatic heterocycles. The fourth-order valence-electron chi connectivity index (χ4n) is 4.54. The molecule has 1 fully saturated rings. The fourth-order valence-corrected chi connectivity index (χ4v) is 4.67. The van der Waals surface area contributed by atoms with Crippen molar-refractivity contribution in [3.63, 3.8) is 0 Å². The van der Waals surface area contributed by atoms with Gasteiger partial charge in [0.1, 0.15) is 11.5 Å². The van der Waals surface area contributed by atoms with Gasteiger partial charge in [-0.2, -0.15) is 0 Å². The minimum absolute atomic E-state index is 0.0910. The molecule has 1 amide bonds. The molecule has 194 valence electrons. The van der Waals surface area contributed by atoms with Gasteiger partial charge in [-0.3, -0.25) is 9.59 Å². The maximum atomic E-state index is 13.2. The Hall–Kier alpha value is -2.83. The molecule has 1 unspecified atom stereocenters. The number of hydrogen-bond donors (Lipinski definition) is 1. The highest BCUT2D eigenvalue weighted by Crippen LogP contribution is 2.40. The summed E-state index contributed by atoms with van der Waals surface area (Å²) in [4.78, 5) is 30.3. The Morgan fingerprint density at radius 2 is 1.75 bits per heavy atom. The lowest BCUT2D eigenvalue weighted by Crippen LogP contribution is -2.33. The number of benzene rings is 2. The first-order valence-corrected chi connectivity index (χ1v) is 13.3. The predicted octanol–water partition coefficient (Wildman–Crippen LogP) is 6.06. The van der Waals surface area contributed by atoms with E-state index in [4.69, 9.17) is 16.3 Å². The lowest BCUT2D eigenvalue weighted by Gasteiger charge is -2.27. The summed E-state index contributed by atoms with van der Waals surface area (Å²) in [7, 11) is 0. The molecule has 2 aromatic rings. The van der Waals surface area contributed by atoms with Crippen LogP contribution in [0.1, 0.15) is 63.6 Å². The molecular weight excluding hydrogens is 476 g/mol. The van der Waals surface area contributed by atoms with E-state index in [1.54, 1.807) is 29.2 Å². The Morgan fingerprint density at radius 1 is 1.03 bits per heavy atom. The third-order valence-corrected chi connectivity index (χ3v) is 6.87. The van der Waals surface area contributed by atoms with E-state index >= 15 is 0 Å². The van der Waals surface area contributed by atoms with Crippen molar-refractivity contribution in [3.05, 3.63) is 70.3 Å². The summed E-state index contributed by atoms with van der Waals surface area (Å²) >= 11 is 6.02. The van der Waals surface area contributed by atoms with Crippen LogP contribution in [0, 0.1) is 0 Å². The Kier molecular flexibility index (Phi) is 10.4. The standard InChI is InChI=1S/C29H37ClN2O4/c1-4-7-8-19-36-24-12-9-11-22(20-24)26-25(27(33)21-13-15-23(30)16-14-21)28(34)29(35)32(26)18-10-17-31(5-2)6-3/h9,11-16,20,26,33H,4-8,10,17-19H2,1-3H3/b27-25+. The zero-order valence-electron chi connectivity index (χ0n) is 21.5. The average Bonchev–Trinajstić information content (AvgIpc) is 3.14. The van der Waals surface area contributed by atoms with Crippen LogP contribution in [0.4, 0.5) is 0 Å². The van der Waals surface area contributed by atoms with Gasteiger partial charge >= 0.3 is 0 Å². The summed E-state index contributed by atoms with van der Waals surface area (Å²) in [6.45, 7) is 10.0. The van der Waals surface area contributed by atoms with Gasteiger partial charge in [-0.15, -0.1) is 0 Å². The van der Waals surface area contributed by atoms with Crippen LogP contribution in [0.2, 0.25) is 5.02 Å². The molecule has 1 heterocycles. The summed E-state index contributed by atoms with van der Waals surface area (Å²) in [5.74, 6) is -0.784. The molecule has 6 nitrogen and oxygen atoms in total. The zero-order valence-corrected chi connectivity index (χ0v) is 22.3. The number of aliphatic hydroxyl groups is 1. The SMILES string of the molecule is CCCCCOc1cccc(C2/C(=C(\O)c3ccc(Cl)cc3)C(=O)C(=O)N2CCCN(CC)CC)c1. The first-order valence-electron chi connectivity index (χ1n) is 12.9. The molecule has 0 aromatic heterocycles. The molecule has 0 radical (unpaired) electrons. The molecule has 2 aromatic carbocycles. The molecule has 36 heavy (non-hydrogen) atoms. The number of amides is 1. The smallest absolute Gasteiger partial charge is 0.295 e. The van der Waals surface area contributed by atoms with E-state index in [-0.39, 0.29) is 11.3 Å². The van der Waals surface area contributed by atoms with Gasteiger partial charge < -0.3 is 19.6 Å². The third kappa shape index (κ3) is 6.68. The third-order valence-electron chi connectivity index (χ3n) is 6.62. The summed E-state index contributed by atoms with van der Waals surface area (Å²) < 4.78 is 5.94. The van der Waals surface area contributed by atoms with Gasteiger partial charge in [0.05, 0.1) is 18.2 Å². The maximum absolute atomic E-state index is 13.2. The summed E-state index contributed by atoms with van der Waals surface area (Å²) in [5.41, 5.74) is 1.27. The second-order valence-corrected chi connectivity index (χ2v) is 9.44. The van der Waals surface area contributed by atoms with Gasteiger partial charge in [-0.25, -0.2) is 0 Å². The maximum Gasteiger partial charge on any atom is 0.295 e. The minimum atomic E-state index is -0.698. The summed E-state index contributed by atoms with van der Waals surface area (Å²) in [6, 6.07) is 13.4. The summed E-state index contributed by atoms with van der Waals surface area (Å²) in [6.07, 6.45) is 3.88. The van der Waals surface area contributed by atoms with Crippen LogP contribution in [0.5, 0.6) is 5.75 Å². The van der Waals surface area contributed by atoms with Crippen molar-refractivity contribution in [1.29, 1.82) is 0 Å². The van der Waals surface area contributed by atoms with Crippen LogP contribution in [0.25, 0.3) is 5.76 Å². The molecule has 0 bridgehead atoms. The van der Waals surface area contributed by atoms with Crippen LogP contribution >= 0.6 is 11.6 Å². The molecule has 1 aliphatic rings. The van der Waals surface area contributed by atoms with Gasteiger partial charge in [0.2, 0.25) is 0 Å². The second-order valence-electron chi connectivity index (χ2n) is 9.01. The van der Waals surface area contributed by atoms with Crippen molar-refractivity contribution in [2.45, 2.75) is 52.5 Å². The van der Waals surface area contributed by atoms with Crippen molar-refractivity contribution in [2.75, 3.05) is 32.8 Å². The van der Waals surface area contributed by atoms with Crippen molar-refractivity contribution in [3.8, 4) is 5.75 Å². The number of ketones is 1. The van der Waals surface area contributed by atoms with E-state index in [2.05, 4.69) is 25.7 Å². The Bertz CT molecular complexity index is 1060. The van der Waals surface area contributed by atoms with Crippen LogP contribution in [-0.2, 0) is 9.59 Å². The van der Waals surface area contributed by atoms with Gasteiger partial charge in [0.25, 0.3) is 11.7 Å². The van der Waals surface area contributed by atoms with Crippen LogP contribution in [0.3, 0.4) is 0 Å². The van der Waals surface area contributed by atoms with Crippen LogP contribution < -0.4 is 4.74 Å². The normalized spacial score (nSPS) is 17.2. The first kappa shape index (κ1) is 27.8. The van der Waals surface area contributed by atoms with Gasteiger partial charge in [-0.1, -0.05) is 57.3 Å². The van der Waals surface area contributed by atoms with Crippen LogP contribution in [0.15, 0.2) is 54.1 Å². The highest BCUT2D eigenvalue weighted by Gasteiger charge is 2.45. The van der Waals surface area contributed by atoms with E-state index < -0.39 is 17.7 Å². The quantitative estimate of drug-likeness (QED) is 0.153. The van der Waals surface area contributed by atoms with Gasteiger partial charge in [0, 0.05) is 17.1 Å². The number of aliphatic hydroxyl groups excluding tert-OH is 1. The Labute approximate surface area is 219 Å². The highest BCUT2D eigenvalue weighted by atomic mass is 35.5. The van der Waals surface area contributed by atoms with E-state index in [0.29, 0.717) is 29.5 Å². The number of carbonyl (C=O) groups excluding carboxylic acids is 2. The number of hydrogen-bond acceptors (Lipinski definition) is 5. The van der Waals surface area contributed by atoms with E-state index in [9.17, 15) is 14.7 Å². The molecule has 0 aliphatic carbocycles. The first-order chi connectivity index (χ1) is 17.4. The van der Waals surface area contributed by atoms with Gasteiger partial charge in [0.15, 0.2) is 0 Å². The molecule has 0 saturated carbocycles. The number of halogens is 1. The number of carbonyl (C=O) groups is 2. The summed E-state index contributed by atoms with van der Waals surface area (Å²) in [5, 5.41) is 11.7.